The summed E-state index contributed by atoms with van der Waals surface area (Å²) in [6.07, 6.45) is -4.80. The average molecular weight is 408 g/mol. The van der Waals surface area contributed by atoms with Crippen molar-refractivity contribution in [2.75, 3.05) is 0 Å². The Bertz CT molecular complexity index is 1140. The van der Waals surface area contributed by atoms with Gasteiger partial charge in [-0.2, -0.15) is 0 Å². The van der Waals surface area contributed by atoms with Crippen LogP contribution in [-0.4, -0.2) is 17.3 Å². The summed E-state index contributed by atoms with van der Waals surface area (Å²) in [5, 5.41) is 3.37. The van der Waals surface area contributed by atoms with Crippen LogP contribution < -0.4 is 10.5 Å². The number of hydrogen-bond donors (Lipinski definition) is 2. The van der Waals surface area contributed by atoms with Gasteiger partial charge < -0.3 is 15.5 Å². The lowest BCUT2D eigenvalue weighted by Gasteiger charge is -2.11. The molecular weight excluding hydrogens is 397 g/mol. The predicted molar refractivity (Wildman–Crippen MR) is 100 cm³/mol. The summed E-state index contributed by atoms with van der Waals surface area (Å²) in [6.45, 7) is 0. The molecule has 3 N–H and O–H groups in total. The molecular formula is C18H11F3N2O2S2. The molecule has 0 aliphatic heterocycles. The first-order valence-electron chi connectivity index (χ1n) is 7.67. The molecule has 4 aromatic rings. The Balaban J connectivity index is 1.98. The van der Waals surface area contributed by atoms with Gasteiger partial charge >= 0.3 is 6.36 Å². The summed E-state index contributed by atoms with van der Waals surface area (Å²) in [7, 11) is 0. The number of fused-ring (bicyclic) bond motifs is 1. The highest BCUT2D eigenvalue weighted by Crippen LogP contribution is 2.48. The zero-order valence-corrected chi connectivity index (χ0v) is 15.1. The Labute approximate surface area is 159 Å². The van der Waals surface area contributed by atoms with Crippen molar-refractivity contribution in [3.8, 4) is 27.4 Å². The van der Waals surface area contributed by atoms with Crippen LogP contribution in [0.4, 0.5) is 13.2 Å². The molecule has 27 heavy (non-hydrogen) atoms. The summed E-state index contributed by atoms with van der Waals surface area (Å²) >= 11 is 2.53. The molecule has 1 aromatic carbocycles. The summed E-state index contributed by atoms with van der Waals surface area (Å²) in [4.78, 5) is 15.4. The normalized spacial score (nSPS) is 11.8. The molecule has 0 saturated heterocycles. The fourth-order valence-corrected chi connectivity index (χ4v) is 4.78. The van der Waals surface area contributed by atoms with Gasteiger partial charge in [0.1, 0.15) is 5.75 Å². The molecule has 0 saturated carbocycles. The van der Waals surface area contributed by atoms with Gasteiger partial charge in [0.15, 0.2) is 0 Å². The number of benzene rings is 1. The number of ether oxygens (including phenoxy) is 1. The predicted octanol–water partition coefficient (Wildman–Crippen LogP) is 5.62. The van der Waals surface area contributed by atoms with Crippen molar-refractivity contribution in [2.45, 2.75) is 6.36 Å². The van der Waals surface area contributed by atoms with E-state index in [9.17, 15) is 18.0 Å². The van der Waals surface area contributed by atoms with E-state index >= 15 is 0 Å². The number of carbonyl (C=O) groups excluding carboxylic acids is 1. The Morgan fingerprint density at radius 1 is 1.07 bits per heavy atom. The maximum atomic E-state index is 12.8. The van der Waals surface area contributed by atoms with Crippen LogP contribution in [0.15, 0.2) is 47.2 Å². The minimum absolute atomic E-state index is 0.278. The lowest BCUT2D eigenvalue weighted by Crippen LogP contribution is -2.17. The first-order chi connectivity index (χ1) is 12.8. The molecule has 0 bridgehead atoms. The van der Waals surface area contributed by atoms with E-state index in [2.05, 4.69) is 9.72 Å². The number of amides is 1. The number of carbonyl (C=O) groups is 1. The zero-order valence-electron chi connectivity index (χ0n) is 13.5. The molecule has 0 fully saturated rings. The molecule has 4 rings (SSSR count). The molecule has 0 aliphatic carbocycles. The number of hydrogen-bond acceptors (Lipinski definition) is 4. The van der Waals surface area contributed by atoms with Crippen molar-refractivity contribution in [1.29, 1.82) is 0 Å². The molecule has 0 unspecified atom stereocenters. The molecule has 3 heterocycles. The van der Waals surface area contributed by atoms with E-state index in [-0.39, 0.29) is 11.3 Å². The fourth-order valence-electron chi connectivity index (χ4n) is 2.93. The van der Waals surface area contributed by atoms with Gasteiger partial charge in [-0.3, -0.25) is 4.79 Å². The molecule has 3 aromatic heterocycles. The van der Waals surface area contributed by atoms with E-state index in [1.165, 1.54) is 22.8 Å². The molecule has 4 nitrogen and oxygen atoms in total. The second kappa shape index (κ2) is 6.43. The third-order valence-corrected chi connectivity index (χ3v) is 5.79. The standard InChI is InChI=1S/C18H11F3N2O2S2/c19-18(20,21)25-12-6-8-27-16(12)13-14(23-11-5-7-26-15(11)13)9-3-1-2-4-10(9)17(22)24/h1-8,23H,(H2,22,24). The van der Waals surface area contributed by atoms with Crippen molar-refractivity contribution in [3.05, 3.63) is 52.7 Å². The van der Waals surface area contributed by atoms with Gasteiger partial charge in [-0.05, 0) is 29.0 Å². The second-order valence-electron chi connectivity index (χ2n) is 5.61. The number of primary amides is 1. The topological polar surface area (TPSA) is 68.1 Å². The quantitative estimate of drug-likeness (QED) is 0.460. The first kappa shape index (κ1) is 17.6. The SMILES string of the molecule is NC(=O)c1ccccc1-c1[nH]c2ccsc2c1-c1sccc1OC(F)(F)F. The Kier molecular flexibility index (Phi) is 4.20. The van der Waals surface area contributed by atoms with Crippen molar-refractivity contribution < 1.29 is 22.7 Å². The number of thiophene rings is 2. The maximum Gasteiger partial charge on any atom is 0.573 e. The van der Waals surface area contributed by atoms with Crippen LogP contribution in [0.5, 0.6) is 5.75 Å². The smallest absolute Gasteiger partial charge is 0.404 e. The number of aromatic amines is 1. The highest BCUT2D eigenvalue weighted by molar-refractivity contribution is 7.19. The lowest BCUT2D eigenvalue weighted by molar-refractivity contribution is -0.274. The molecule has 138 valence electrons. The first-order valence-corrected chi connectivity index (χ1v) is 9.43. The Hall–Kier alpha value is -2.78. The molecule has 1 amide bonds. The van der Waals surface area contributed by atoms with Gasteiger partial charge in [0.05, 0.1) is 20.8 Å². The number of nitrogens with one attached hydrogen (secondary N) is 1. The maximum absolute atomic E-state index is 12.8. The lowest BCUT2D eigenvalue weighted by atomic mass is 10.0. The number of halogens is 3. The zero-order chi connectivity index (χ0) is 19.2. The summed E-state index contributed by atoms with van der Waals surface area (Å²) < 4.78 is 43.4. The fraction of sp³-hybridized carbons (Fsp3) is 0.0556. The number of H-pyrrole nitrogens is 1. The van der Waals surface area contributed by atoms with E-state index in [1.807, 2.05) is 11.4 Å². The van der Waals surface area contributed by atoms with E-state index < -0.39 is 12.3 Å². The number of rotatable bonds is 4. The minimum Gasteiger partial charge on any atom is -0.404 e. The van der Waals surface area contributed by atoms with Gasteiger partial charge in [0, 0.05) is 16.7 Å². The summed E-state index contributed by atoms with van der Waals surface area (Å²) in [5.41, 5.74) is 8.13. The second-order valence-corrected chi connectivity index (χ2v) is 7.44. The number of alkyl halides is 3. The van der Waals surface area contributed by atoms with E-state index in [4.69, 9.17) is 5.73 Å². The molecule has 0 spiro atoms. The van der Waals surface area contributed by atoms with Crippen LogP contribution in [0, 0.1) is 0 Å². The van der Waals surface area contributed by atoms with Gasteiger partial charge in [-0.25, -0.2) is 0 Å². The molecule has 0 radical (unpaired) electrons. The minimum atomic E-state index is -4.80. The van der Waals surface area contributed by atoms with Gasteiger partial charge in [-0.15, -0.1) is 35.8 Å². The molecule has 9 heteroatoms. The molecule has 0 aliphatic rings. The summed E-state index contributed by atoms with van der Waals surface area (Å²) in [5.74, 6) is -0.896. The van der Waals surface area contributed by atoms with Crippen LogP contribution in [-0.2, 0) is 0 Å². The third-order valence-electron chi connectivity index (χ3n) is 3.95. The third kappa shape index (κ3) is 3.19. The summed E-state index contributed by atoms with van der Waals surface area (Å²) in [6, 6.07) is 9.82. The Morgan fingerprint density at radius 3 is 2.56 bits per heavy atom. The van der Waals surface area contributed by atoms with Crippen molar-refractivity contribution in [1.82, 2.24) is 4.98 Å². The van der Waals surface area contributed by atoms with Gasteiger partial charge in [0.25, 0.3) is 0 Å². The molecule has 0 atom stereocenters. The highest BCUT2D eigenvalue weighted by atomic mass is 32.1. The van der Waals surface area contributed by atoms with Crippen LogP contribution in [0.2, 0.25) is 0 Å². The highest BCUT2D eigenvalue weighted by Gasteiger charge is 2.33. The average Bonchev–Trinajstić information content (AvgIpc) is 3.29. The number of aromatic nitrogens is 1. The largest absolute Gasteiger partial charge is 0.573 e. The van der Waals surface area contributed by atoms with Crippen LogP contribution >= 0.6 is 22.7 Å². The van der Waals surface area contributed by atoms with Crippen molar-refractivity contribution in [2.24, 2.45) is 5.73 Å². The van der Waals surface area contributed by atoms with E-state index in [0.717, 1.165) is 21.6 Å². The number of nitrogens with two attached hydrogens (primary N) is 1. The van der Waals surface area contributed by atoms with E-state index in [0.29, 0.717) is 21.7 Å². The van der Waals surface area contributed by atoms with Gasteiger partial charge in [-0.1, -0.05) is 18.2 Å². The van der Waals surface area contributed by atoms with Crippen molar-refractivity contribution >= 4 is 38.8 Å². The van der Waals surface area contributed by atoms with Crippen molar-refractivity contribution in [3.63, 3.8) is 0 Å². The monoisotopic (exact) mass is 408 g/mol. The van der Waals surface area contributed by atoms with Crippen LogP contribution in [0.1, 0.15) is 10.4 Å². The Morgan fingerprint density at radius 2 is 1.81 bits per heavy atom. The van der Waals surface area contributed by atoms with E-state index in [1.54, 1.807) is 24.3 Å². The van der Waals surface area contributed by atoms with Gasteiger partial charge in [0.2, 0.25) is 5.91 Å². The van der Waals surface area contributed by atoms with Crippen LogP contribution in [0.25, 0.3) is 31.9 Å². The van der Waals surface area contributed by atoms with Crippen LogP contribution in [0.3, 0.4) is 0 Å².